The van der Waals surface area contributed by atoms with E-state index in [1.54, 1.807) is 12.1 Å². The molecule has 144 valence electrons. The Morgan fingerprint density at radius 1 is 1.29 bits per heavy atom. The summed E-state index contributed by atoms with van der Waals surface area (Å²) in [5, 5.41) is 18.2. The molecule has 0 saturated carbocycles. The number of nitrogens with one attached hydrogen (secondary N) is 1. The van der Waals surface area contributed by atoms with Crippen molar-refractivity contribution in [3.05, 3.63) is 73.1 Å². The van der Waals surface area contributed by atoms with Gasteiger partial charge in [0.15, 0.2) is 0 Å². The van der Waals surface area contributed by atoms with Crippen molar-refractivity contribution in [2.24, 2.45) is 5.10 Å². The van der Waals surface area contributed by atoms with E-state index in [0.717, 1.165) is 17.0 Å². The molecule has 8 heteroatoms. The molecule has 0 bridgehead atoms. The van der Waals surface area contributed by atoms with E-state index in [0.29, 0.717) is 21.6 Å². The van der Waals surface area contributed by atoms with Crippen LogP contribution >= 0.6 is 27.3 Å². The Morgan fingerprint density at radius 2 is 2.07 bits per heavy atom. The van der Waals surface area contributed by atoms with E-state index in [1.165, 1.54) is 28.5 Å². The Balaban J connectivity index is 1.73. The largest absolute Gasteiger partial charge is 0.274 e. The molecule has 6 nitrogen and oxygen atoms in total. The fourth-order valence-corrected chi connectivity index (χ4v) is 3.85. The minimum atomic E-state index is -0.378. The highest BCUT2D eigenvalue weighted by atomic mass is 79.9. The van der Waals surface area contributed by atoms with Crippen LogP contribution in [0, 0.1) is 24.0 Å². The van der Waals surface area contributed by atoms with Gasteiger partial charge in [0.1, 0.15) is 0 Å². The third-order valence-electron chi connectivity index (χ3n) is 4.37. The summed E-state index contributed by atoms with van der Waals surface area (Å²) in [6, 6.07) is 11.2. The molecule has 0 aliphatic rings. The number of rotatable bonds is 6. The van der Waals surface area contributed by atoms with E-state index in [9.17, 15) is 10.1 Å². The molecule has 1 N–H and O–H groups in total. The van der Waals surface area contributed by atoms with Crippen molar-refractivity contribution in [1.82, 2.24) is 4.98 Å². The Kier molecular flexibility index (Phi) is 6.21. The predicted octanol–water partition coefficient (Wildman–Crippen LogP) is 6.13. The first kappa shape index (κ1) is 20.2. The summed E-state index contributed by atoms with van der Waals surface area (Å²) in [7, 11) is 0. The molecule has 0 aliphatic carbocycles. The monoisotopic (exact) mass is 458 g/mol. The second kappa shape index (κ2) is 8.62. The summed E-state index contributed by atoms with van der Waals surface area (Å²) in [5.74, 6) is 0. The lowest BCUT2D eigenvalue weighted by Gasteiger charge is -2.05. The van der Waals surface area contributed by atoms with E-state index >= 15 is 0 Å². The van der Waals surface area contributed by atoms with Crippen LogP contribution in [-0.2, 0) is 6.42 Å². The summed E-state index contributed by atoms with van der Waals surface area (Å²) in [4.78, 5) is 15.4. The molecule has 0 fully saturated rings. The molecule has 1 heterocycles. The van der Waals surface area contributed by atoms with Crippen LogP contribution in [-0.4, -0.2) is 15.6 Å². The van der Waals surface area contributed by atoms with Crippen molar-refractivity contribution in [2.75, 3.05) is 5.43 Å². The van der Waals surface area contributed by atoms with Crippen LogP contribution in [0.2, 0.25) is 0 Å². The number of thiazole rings is 1. The molecular weight excluding hydrogens is 440 g/mol. The van der Waals surface area contributed by atoms with Gasteiger partial charge < -0.3 is 0 Å². The fraction of sp³-hybridized carbons (Fsp3) is 0.200. The van der Waals surface area contributed by atoms with Gasteiger partial charge in [0.05, 0.1) is 10.6 Å². The molecule has 28 heavy (non-hydrogen) atoms. The van der Waals surface area contributed by atoms with Crippen molar-refractivity contribution in [2.45, 2.75) is 27.2 Å². The van der Waals surface area contributed by atoms with E-state index in [2.05, 4.69) is 63.5 Å². The Morgan fingerprint density at radius 3 is 2.79 bits per heavy atom. The number of anilines is 1. The van der Waals surface area contributed by atoms with Gasteiger partial charge in [-0.1, -0.05) is 34.1 Å². The van der Waals surface area contributed by atoms with Crippen LogP contribution in [0.3, 0.4) is 0 Å². The summed E-state index contributed by atoms with van der Waals surface area (Å²) in [6.07, 6.45) is 0.361. The molecule has 1 aromatic heterocycles. The second-order valence-corrected chi connectivity index (χ2v) is 8.18. The van der Waals surface area contributed by atoms with Gasteiger partial charge in [-0.2, -0.15) is 5.10 Å². The molecular formula is C20H19BrN4O2S. The molecule has 0 aliphatic heterocycles. The first-order chi connectivity index (χ1) is 13.3. The molecule has 2 aromatic carbocycles. The first-order valence-corrected chi connectivity index (χ1v) is 10.3. The van der Waals surface area contributed by atoms with Gasteiger partial charge in [0, 0.05) is 39.2 Å². The number of aryl methyl sites for hydroxylation is 2. The molecule has 0 radical (unpaired) electrons. The smallest absolute Gasteiger partial charge is 0.258 e. The number of nitrogens with zero attached hydrogens (tertiary/aromatic N) is 3. The number of hydrogen-bond donors (Lipinski definition) is 1. The summed E-state index contributed by atoms with van der Waals surface area (Å²) >= 11 is 4.86. The molecule has 3 rings (SSSR count). The van der Waals surface area contributed by atoms with E-state index < -0.39 is 0 Å². The van der Waals surface area contributed by atoms with Crippen LogP contribution in [0.4, 0.5) is 10.8 Å². The Hall–Kier alpha value is -2.58. The highest BCUT2D eigenvalue weighted by Gasteiger charge is 2.17. The zero-order chi connectivity index (χ0) is 20.3. The standard InChI is InChI=1S/C20H19BrN4O2S/c1-12-7-8-15(9-13(12)2)18-11-28-20(22-18)24-23-14(3)10-16-17(21)5-4-6-19(16)25(26)27/h4-9,11H,10H2,1-3H3,(H,22,24)/b23-14-. The van der Waals surface area contributed by atoms with Gasteiger partial charge in [0.25, 0.3) is 5.69 Å². The maximum atomic E-state index is 11.2. The van der Waals surface area contributed by atoms with Crippen LogP contribution in [0.5, 0.6) is 0 Å². The van der Waals surface area contributed by atoms with E-state index in [-0.39, 0.29) is 10.6 Å². The molecule has 0 spiro atoms. The Bertz CT molecular complexity index is 1060. The van der Waals surface area contributed by atoms with Crippen LogP contribution in [0.15, 0.2) is 51.4 Å². The highest BCUT2D eigenvalue weighted by molar-refractivity contribution is 9.10. The van der Waals surface area contributed by atoms with Crippen LogP contribution in [0.1, 0.15) is 23.6 Å². The number of halogens is 1. The fourth-order valence-electron chi connectivity index (χ4n) is 2.69. The molecule has 3 aromatic rings. The van der Waals surface area contributed by atoms with E-state index in [4.69, 9.17) is 0 Å². The average Bonchev–Trinajstić information content (AvgIpc) is 3.13. The number of hydrogen-bond acceptors (Lipinski definition) is 6. The van der Waals surface area contributed by atoms with Crippen molar-refractivity contribution in [3.8, 4) is 11.3 Å². The Labute approximate surface area is 175 Å². The summed E-state index contributed by atoms with van der Waals surface area (Å²) < 4.78 is 0.697. The minimum Gasteiger partial charge on any atom is -0.258 e. The van der Waals surface area contributed by atoms with Crippen LogP contribution < -0.4 is 5.43 Å². The van der Waals surface area contributed by atoms with Gasteiger partial charge in [-0.25, -0.2) is 4.98 Å². The van der Waals surface area contributed by atoms with Gasteiger partial charge in [-0.15, -0.1) is 11.3 Å². The number of nitro benzene ring substituents is 1. The van der Waals surface area contributed by atoms with Crippen molar-refractivity contribution in [1.29, 1.82) is 0 Å². The molecule has 0 saturated heterocycles. The second-order valence-electron chi connectivity index (χ2n) is 6.47. The lowest BCUT2D eigenvalue weighted by Crippen LogP contribution is -2.05. The maximum absolute atomic E-state index is 11.2. The predicted molar refractivity (Wildman–Crippen MR) is 118 cm³/mol. The van der Waals surface area contributed by atoms with Crippen molar-refractivity contribution in [3.63, 3.8) is 0 Å². The normalized spacial score (nSPS) is 11.5. The highest BCUT2D eigenvalue weighted by Crippen LogP contribution is 2.28. The lowest BCUT2D eigenvalue weighted by molar-refractivity contribution is -0.385. The summed E-state index contributed by atoms with van der Waals surface area (Å²) in [5.41, 5.74) is 8.80. The molecule has 0 amide bonds. The van der Waals surface area contributed by atoms with Gasteiger partial charge >= 0.3 is 0 Å². The SMILES string of the molecule is C/C(Cc1c(Br)cccc1[N+](=O)[O-])=N/Nc1nc(-c2ccc(C)c(C)c2)cs1. The third kappa shape index (κ3) is 4.63. The minimum absolute atomic E-state index is 0.0789. The zero-order valence-electron chi connectivity index (χ0n) is 15.7. The van der Waals surface area contributed by atoms with Gasteiger partial charge in [-0.3, -0.25) is 15.5 Å². The van der Waals surface area contributed by atoms with Crippen molar-refractivity contribution >= 4 is 43.8 Å². The van der Waals surface area contributed by atoms with Crippen molar-refractivity contribution < 1.29 is 4.92 Å². The molecule has 0 unspecified atom stereocenters. The topological polar surface area (TPSA) is 80.4 Å². The maximum Gasteiger partial charge on any atom is 0.274 e. The number of benzene rings is 2. The molecule has 0 atom stereocenters. The number of hydrazone groups is 1. The van der Waals surface area contributed by atoms with Gasteiger partial charge in [0.2, 0.25) is 5.13 Å². The average molecular weight is 459 g/mol. The third-order valence-corrected chi connectivity index (χ3v) is 5.86. The quantitative estimate of drug-likeness (QED) is 0.273. The van der Waals surface area contributed by atoms with E-state index in [1.807, 2.05) is 12.3 Å². The number of aromatic nitrogens is 1. The lowest BCUT2D eigenvalue weighted by atomic mass is 10.1. The van der Waals surface area contributed by atoms with Gasteiger partial charge in [-0.05, 0) is 44.0 Å². The number of nitro groups is 1. The summed E-state index contributed by atoms with van der Waals surface area (Å²) in [6.45, 7) is 5.99. The van der Waals surface area contributed by atoms with Crippen LogP contribution in [0.25, 0.3) is 11.3 Å². The zero-order valence-corrected chi connectivity index (χ0v) is 18.1. The first-order valence-electron chi connectivity index (χ1n) is 8.59.